The van der Waals surface area contributed by atoms with Gasteiger partial charge in [-0.25, -0.2) is 0 Å². The summed E-state index contributed by atoms with van der Waals surface area (Å²) in [7, 11) is 0. The second-order valence-corrected chi connectivity index (χ2v) is 7.50. The van der Waals surface area contributed by atoms with Crippen LogP contribution in [0.1, 0.15) is 43.4 Å². The number of benzene rings is 1. The number of halogens is 4. The molecule has 0 aromatic heterocycles. The number of carbonyl (C=O) groups is 1. The number of nitrogens with zero attached hydrogens (tertiary/aromatic N) is 3. The molecule has 2 aliphatic rings. The van der Waals surface area contributed by atoms with E-state index in [0.29, 0.717) is 51.3 Å². The highest BCUT2D eigenvalue weighted by Gasteiger charge is 2.32. The molecule has 6 nitrogen and oxygen atoms in total. The molecule has 0 saturated carbocycles. The monoisotopic (exact) mass is 554 g/mol. The van der Waals surface area contributed by atoms with Gasteiger partial charge in [0.05, 0.1) is 18.7 Å². The van der Waals surface area contributed by atoms with Crippen LogP contribution in [0.4, 0.5) is 13.2 Å². The highest BCUT2D eigenvalue weighted by Crippen LogP contribution is 2.32. The molecule has 0 bridgehead atoms. The van der Waals surface area contributed by atoms with Crippen LogP contribution in [0.3, 0.4) is 0 Å². The molecule has 2 heterocycles. The van der Waals surface area contributed by atoms with Gasteiger partial charge in [0.1, 0.15) is 6.10 Å². The van der Waals surface area contributed by atoms with Crippen molar-refractivity contribution >= 4 is 35.8 Å². The number of guanidine groups is 1. The van der Waals surface area contributed by atoms with Crippen molar-refractivity contribution in [2.24, 2.45) is 4.99 Å². The number of hydrogen-bond acceptors (Lipinski definition) is 3. The lowest BCUT2D eigenvalue weighted by molar-refractivity contribution is -0.137. The van der Waals surface area contributed by atoms with E-state index in [0.717, 1.165) is 37.5 Å². The van der Waals surface area contributed by atoms with Crippen LogP contribution in [-0.4, -0.2) is 67.5 Å². The first-order valence-electron chi connectivity index (χ1n) is 10.5. The summed E-state index contributed by atoms with van der Waals surface area (Å²) in [5, 5.41) is 3.26. The van der Waals surface area contributed by atoms with Gasteiger partial charge >= 0.3 is 6.18 Å². The molecule has 0 radical (unpaired) electrons. The lowest BCUT2D eigenvalue weighted by Gasteiger charge is -2.35. The molecule has 0 aliphatic carbocycles. The summed E-state index contributed by atoms with van der Waals surface area (Å²) in [6.07, 6.45) is -2.49. The molecule has 2 aliphatic heterocycles. The van der Waals surface area contributed by atoms with Gasteiger partial charge in [0.2, 0.25) is 5.91 Å². The summed E-state index contributed by atoms with van der Waals surface area (Å²) in [6, 6.07) is 5.31. The van der Waals surface area contributed by atoms with Gasteiger partial charge in [-0.3, -0.25) is 9.79 Å². The Kier molecular flexibility index (Phi) is 9.86. The Morgan fingerprint density at radius 1 is 1.32 bits per heavy atom. The normalized spacial score (nSPS) is 20.1. The standard InChI is InChI=1S/C21H29F3N4O2.HI/c1-2-25-20(26-9-5-11-27-10-4-8-19(27)29)28-12-13-30-18(15-28)16-6-3-7-17(14-16)21(22,23)24;/h3,6-7,14,18H,2,4-5,8-13,15H2,1H3,(H,25,26);1H. The van der Waals surface area contributed by atoms with Gasteiger partial charge in [0.15, 0.2) is 5.96 Å². The first kappa shape index (κ1) is 25.7. The number of carbonyl (C=O) groups excluding carboxylic acids is 1. The first-order chi connectivity index (χ1) is 14.4. The second-order valence-electron chi connectivity index (χ2n) is 7.50. The fraction of sp³-hybridized carbons (Fsp3) is 0.619. The third kappa shape index (κ3) is 7.23. The van der Waals surface area contributed by atoms with Crippen molar-refractivity contribution in [2.75, 3.05) is 45.9 Å². The van der Waals surface area contributed by atoms with E-state index in [1.54, 1.807) is 6.07 Å². The van der Waals surface area contributed by atoms with Crippen LogP contribution in [0, 0.1) is 0 Å². The molecule has 1 unspecified atom stereocenters. The predicted octanol–water partition coefficient (Wildman–Crippen LogP) is 3.67. The van der Waals surface area contributed by atoms with Crippen molar-refractivity contribution in [3.8, 4) is 0 Å². The fourth-order valence-electron chi connectivity index (χ4n) is 3.77. The summed E-state index contributed by atoms with van der Waals surface area (Å²) in [4.78, 5) is 20.3. The quantitative estimate of drug-likeness (QED) is 0.253. The third-order valence-electron chi connectivity index (χ3n) is 5.31. The van der Waals surface area contributed by atoms with Crippen LogP contribution in [-0.2, 0) is 15.7 Å². The number of hydrogen-bond donors (Lipinski definition) is 1. The van der Waals surface area contributed by atoms with Crippen LogP contribution in [0.5, 0.6) is 0 Å². The number of rotatable bonds is 6. The highest BCUT2D eigenvalue weighted by molar-refractivity contribution is 14.0. The Morgan fingerprint density at radius 3 is 2.81 bits per heavy atom. The number of likely N-dealkylation sites (tertiary alicyclic amines) is 1. The molecule has 10 heteroatoms. The predicted molar refractivity (Wildman–Crippen MR) is 124 cm³/mol. The molecule has 3 rings (SSSR count). The Balaban J connectivity index is 0.00000341. The molecular weight excluding hydrogens is 524 g/mol. The third-order valence-corrected chi connectivity index (χ3v) is 5.31. The van der Waals surface area contributed by atoms with E-state index < -0.39 is 17.8 Å². The number of ether oxygens (including phenoxy) is 1. The van der Waals surface area contributed by atoms with E-state index in [4.69, 9.17) is 4.74 Å². The molecule has 1 aromatic rings. The number of morpholine rings is 1. The molecule has 2 saturated heterocycles. The molecule has 1 amide bonds. The van der Waals surface area contributed by atoms with Crippen molar-refractivity contribution in [1.29, 1.82) is 0 Å². The Morgan fingerprint density at radius 2 is 2.13 bits per heavy atom. The minimum Gasteiger partial charge on any atom is -0.370 e. The summed E-state index contributed by atoms with van der Waals surface area (Å²) in [6.45, 7) is 6.23. The van der Waals surface area contributed by atoms with E-state index in [-0.39, 0.29) is 29.9 Å². The Bertz CT molecular complexity index is 760. The van der Waals surface area contributed by atoms with E-state index in [9.17, 15) is 18.0 Å². The fourth-order valence-corrected chi connectivity index (χ4v) is 3.77. The van der Waals surface area contributed by atoms with Crippen LogP contribution in [0.25, 0.3) is 0 Å². The molecule has 1 aromatic carbocycles. The van der Waals surface area contributed by atoms with E-state index >= 15 is 0 Å². The molecule has 31 heavy (non-hydrogen) atoms. The molecule has 174 valence electrons. The maximum absolute atomic E-state index is 13.0. The lowest BCUT2D eigenvalue weighted by atomic mass is 10.0. The Labute approximate surface area is 198 Å². The van der Waals surface area contributed by atoms with Crippen molar-refractivity contribution in [3.05, 3.63) is 35.4 Å². The lowest BCUT2D eigenvalue weighted by Crippen LogP contribution is -2.48. The van der Waals surface area contributed by atoms with Crippen molar-refractivity contribution in [3.63, 3.8) is 0 Å². The van der Waals surface area contributed by atoms with Gasteiger partial charge in [-0.1, -0.05) is 12.1 Å². The topological polar surface area (TPSA) is 57.2 Å². The summed E-state index contributed by atoms with van der Waals surface area (Å²) in [5.41, 5.74) is -0.157. The zero-order valence-corrected chi connectivity index (χ0v) is 20.0. The van der Waals surface area contributed by atoms with Crippen molar-refractivity contribution in [1.82, 2.24) is 15.1 Å². The molecule has 2 fully saturated rings. The first-order valence-corrected chi connectivity index (χ1v) is 10.5. The number of aliphatic imine (C=N–C) groups is 1. The molecule has 1 N–H and O–H groups in total. The van der Waals surface area contributed by atoms with Crippen LogP contribution < -0.4 is 5.32 Å². The number of alkyl halides is 3. The maximum atomic E-state index is 13.0. The van der Waals surface area contributed by atoms with Crippen molar-refractivity contribution < 1.29 is 22.7 Å². The SMILES string of the molecule is CCNC(=NCCCN1CCCC1=O)N1CCOC(c2cccc(C(F)(F)F)c2)C1.I. The molecular formula is C21H30F3IN4O2. The van der Waals surface area contributed by atoms with Gasteiger partial charge < -0.3 is 19.9 Å². The Hall–Kier alpha value is -1.56. The average molecular weight is 554 g/mol. The summed E-state index contributed by atoms with van der Waals surface area (Å²) in [5.74, 6) is 0.938. The summed E-state index contributed by atoms with van der Waals surface area (Å²) < 4.78 is 44.9. The van der Waals surface area contributed by atoms with Crippen molar-refractivity contribution in [2.45, 2.75) is 38.5 Å². The van der Waals surface area contributed by atoms with E-state index in [1.165, 1.54) is 6.07 Å². The zero-order valence-electron chi connectivity index (χ0n) is 17.7. The van der Waals surface area contributed by atoms with Crippen LogP contribution >= 0.6 is 24.0 Å². The van der Waals surface area contributed by atoms with Gasteiger partial charge in [0, 0.05) is 39.1 Å². The average Bonchev–Trinajstić information content (AvgIpc) is 3.14. The van der Waals surface area contributed by atoms with E-state index in [1.807, 2.05) is 16.7 Å². The van der Waals surface area contributed by atoms with Gasteiger partial charge in [-0.15, -0.1) is 24.0 Å². The highest BCUT2D eigenvalue weighted by atomic mass is 127. The number of amides is 1. The maximum Gasteiger partial charge on any atom is 0.416 e. The van der Waals surface area contributed by atoms with Crippen LogP contribution in [0.2, 0.25) is 0 Å². The minimum atomic E-state index is -4.38. The van der Waals surface area contributed by atoms with E-state index in [2.05, 4.69) is 10.3 Å². The second kappa shape index (κ2) is 11.9. The zero-order chi connectivity index (χ0) is 21.6. The molecule has 1 atom stereocenters. The minimum absolute atomic E-state index is 0. The largest absolute Gasteiger partial charge is 0.416 e. The van der Waals surface area contributed by atoms with Crippen LogP contribution in [0.15, 0.2) is 29.3 Å². The smallest absolute Gasteiger partial charge is 0.370 e. The number of nitrogens with one attached hydrogen (secondary N) is 1. The van der Waals surface area contributed by atoms with Gasteiger partial charge in [0.25, 0.3) is 0 Å². The van der Waals surface area contributed by atoms with Gasteiger partial charge in [-0.05, 0) is 37.5 Å². The van der Waals surface area contributed by atoms with Gasteiger partial charge in [-0.2, -0.15) is 13.2 Å². The summed E-state index contributed by atoms with van der Waals surface area (Å²) >= 11 is 0. The molecule has 0 spiro atoms.